The van der Waals surface area contributed by atoms with Crippen molar-refractivity contribution in [2.45, 2.75) is 58.3 Å². The average Bonchev–Trinajstić information content (AvgIpc) is 2.92. The molecule has 0 saturated heterocycles. The zero-order valence-electron chi connectivity index (χ0n) is 21.7. The Hall–Kier alpha value is -3.71. The summed E-state index contributed by atoms with van der Waals surface area (Å²) >= 11 is 6.14. The number of rotatable bonds is 14. The van der Waals surface area contributed by atoms with E-state index in [2.05, 4.69) is 22.8 Å². The zero-order valence-corrected chi connectivity index (χ0v) is 22.4. The van der Waals surface area contributed by atoms with Crippen LogP contribution >= 0.6 is 11.6 Å². The monoisotopic (exact) mass is 535 g/mol. The molecule has 0 saturated carbocycles. The third kappa shape index (κ3) is 8.99. The Balaban J connectivity index is 1.56. The number of carbonyl (C=O) groups is 3. The van der Waals surface area contributed by atoms with Crippen molar-refractivity contribution in [2.75, 3.05) is 6.54 Å². The highest BCUT2D eigenvalue weighted by molar-refractivity contribution is 6.33. The molecule has 3 aromatic carbocycles. The SMILES string of the molecule is CCCCCCCCCC(=O)NCC(=O)N/N=C/c1c(OC(=O)c2ccccc2Cl)ccc2ccccc12. The van der Waals surface area contributed by atoms with Gasteiger partial charge in [0.2, 0.25) is 5.91 Å². The number of nitrogens with one attached hydrogen (secondary N) is 2. The molecule has 38 heavy (non-hydrogen) atoms. The lowest BCUT2D eigenvalue weighted by molar-refractivity contribution is -0.126. The lowest BCUT2D eigenvalue weighted by Gasteiger charge is -2.11. The Labute approximate surface area is 228 Å². The van der Waals surface area contributed by atoms with Gasteiger partial charge in [-0.15, -0.1) is 0 Å². The topological polar surface area (TPSA) is 96.9 Å². The molecule has 0 spiro atoms. The summed E-state index contributed by atoms with van der Waals surface area (Å²) in [4.78, 5) is 37.0. The van der Waals surface area contributed by atoms with Crippen molar-refractivity contribution in [1.82, 2.24) is 10.7 Å². The maximum atomic E-state index is 12.7. The normalized spacial score (nSPS) is 11.0. The van der Waals surface area contributed by atoms with Gasteiger partial charge < -0.3 is 10.1 Å². The van der Waals surface area contributed by atoms with Crippen LogP contribution in [0.5, 0.6) is 5.75 Å². The molecule has 200 valence electrons. The number of fused-ring (bicyclic) bond motifs is 1. The highest BCUT2D eigenvalue weighted by Crippen LogP contribution is 2.28. The van der Waals surface area contributed by atoms with Gasteiger partial charge in [-0.25, -0.2) is 10.2 Å². The number of carbonyl (C=O) groups excluding carboxylic acids is 3. The van der Waals surface area contributed by atoms with E-state index in [1.807, 2.05) is 30.3 Å². The molecular weight excluding hydrogens is 502 g/mol. The molecule has 3 rings (SSSR count). The number of hydrogen-bond donors (Lipinski definition) is 2. The van der Waals surface area contributed by atoms with E-state index in [4.69, 9.17) is 16.3 Å². The van der Waals surface area contributed by atoms with Crippen molar-refractivity contribution in [3.05, 3.63) is 76.8 Å². The van der Waals surface area contributed by atoms with E-state index in [0.717, 1.165) is 30.0 Å². The Morgan fingerprint density at radius 3 is 2.37 bits per heavy atom. The first kappa shape index (κ1) is 28.9. The van der Waals surface area contributed by atoms with Gasteiger partial charge in [0.1, 0.15) is 5.75 Å². The van der Waals surface area contributed by atoms with Crippen molar-refractivity contribution in [1.29, 1.82) is 0 Å². The van der Waals surface area contributed by atoms with Crippen LogP contribution in [0.4, 0.5) is 0 Å². The minimum atomic E-state index is -0.603. The molecule has 0 aromatic heterocycles. The summed E-state index contributed by atoms with van der Waals surface area (Å²) in [6, 6.07) is 17.7. The van der Waals surface area contributed by atoms with Crippen LogP contribution < -0.4 is 15.5 Å². The molecule has 7 nitrogen and oxygen atoms in total. The number of halogens is 1. The first-order chi connectivity index (χ1) is 18.5. The Bertz CT molecular complexity index is 1280. The summed E-state index contributed by atoms with van der Waals surface area (Å²) in [6.45, 7) is 2.02. The van der Waals surface area contributed by atoms with E-state index in [-0.39, 0.29) is 28.8 Å². The Morgan fingerprint density at radius 1 is 0.868 bits per heavy atom. The van der Waals surface area contributed by atoms with Gasteiger partial charge >= 0.3 is 5.97 Å². The second-order valence-corrected chi connectivity index (χ2v) is 9.42. The van der Waals surface area contributed by atoms with E-state index in [1.54, 1.807) is 30.3 Å². The molecule has 0 heterocycles. The summed E-state index contributed by atoms with van der Waals surface area (Å²) < 4.78 is 5.65. The number of nitrogens with zero attached hydrogens (tertiary/aromatic N) is 1. The summed E-state index contributed by atoms with van der Waals surface area (Å²) in [5, 5.41) is 8.66. The molecule has 0 radical (unpaired) electrons. The third-order valence-corrected chi connectivity index (χ3v) is 6.39. The first-order valence-electron chi connectivity index (χ1n) is 13.1. The molecule has 0 aliphatic rings. The van der Waals surface area contributed by atoms with Gasteiger partial charge in [-0.05, 0) is 35.4 Å². The highest BCUT2D eigenvalue weighted by atomic mass is 35.5. The van der Waals surface area contributed by atoms with Crippen LogP contribution in [0.25, 0.3) is 10.8 Å². The largest absolute Gasteiger partial charge is 0.422 e. The van der Waals surface area contributed by atoms with Crippen LogP contribution in [0.3, 0.4) is 0 Å². The summed E-state index contributed by atoms with van der Waals surface area (Å²) in [5.74, 6) is -0.938. The number of benzene rings is 3. The van der Waals surface area contributed by atoms with Gasteiger partial charge in [-0.2, -0.15) is 5.10 Å². The lowest BCUT2D eigenvalue weighted by Crippen LogP contribution is -2.34. The first-order valence-corrected chi connectivity index (χ1v) is 13.4. The van der Waals surface area contributed by atoms with Gasteiger partial charge in [0, 0.05) is 12.0 Å². The molecular formula is C30H34ClN3O4. The highest BCUT2D eigenvalue weighted by Gasteiger charge is 2.16. The van der Waals surface area contributed by atoms with Crippen LogP contribution in [-0.4, -0.2) is 30.5 Å². The predicted octanol–water partition coefficient (Wildman–Crippen LogP) is 6.42. The fourth-order valence-corrected chi connectivity index (χ4v) is 4.21. The minimum absolute atomic E-state index is 0.152. The fourth-order valence-electron chi connectivity index (χ4n) is 4.00. The third-order valence-electron chi connectivity index (χ3n) is 6.06. The molecule has 0 unspecified atom stereocenters. The number of hydrogen-bond acceptors (Lipinski definition) is 5. The van der Waals surface area contributed by atoms with Crippen molar-refractivity contribution in [3.8, 4) is 5.75 Å². The molecule has 0 bridgehead atoms. The molecule has 2 N–H and O–H groups in total. The minimum Gasteiger partial charge on any atom is -0.422 e. The number of amides is 2. The Kier molecular flexibility index (Phi) is 11.8. The van der Waals surface area contributed by atoms with Crippen molar-refractivity contribution >= 4 is 46.4 Å². The lowest BCUT2D eigenvalue weighted by atomic mass is 10.0. The maximum absolute atomic E-state index is 12.7. The quantitative estimate of drug-likeness (QED) is 0.0818. The number of ether oxygens (including phenoxy) is 1. The number of hydrazone groups is 1. The summed E-state index contributed by atoms with van der Waals surface area (Å²) in [7, 11) is 0. The van der Waals surface area contributed by atoms with Gasteiger partial charge in [0.25, 0.3) is 5.91 Å². The van der Waals surface area contributed by atoms with E-state index in [0.29, 0.717) is 12.0 Å². The van der Waals surface area contributed by atoms with Crippen molar-refractivity contribution < 1.29 is 19.1 Å². The molecule has 0 aliphatic heterocycles. The summed E-state index contributed by atoms with van der Waals surface area (Å²) in [6.07, 6.45) is 9.71. The molecule has 0 atom stereocenters. The van der Waals surface area contributed by atoms with E-state index < -0.39 is 11.9 Å². The molecule has 0 aliphatic carbocycles. The van der Waals surface area contributed by atoms with Gasteiger partial charge in [-0.1, -0.05) is 99.5 Å². The van der Waals surface area contributed by atoms with Gasteiger partial charge in [-0.3, -0.25) is 9.59 Å². The zero-order chi connectivity index (χ0) is 27.2. The average molecular weight is 536 g/mol. The van der Waals surface area contributed by atoms with Crippen LogP contribution in [0, 0.1) is 0 Å². The van der Waals surface area contributed by atoms with Crippen LogP contribution in [0.15, 0.2) is 65.8 Å². The molecule has 3 aromatic rings. The molecule has 8 heteroatoms. The summed E-state index contributed by atoms with van der Waals surface area (Å²) in [5.41, 5.74) is 3.18. The fraction of sp³-hybridized carbons (Fsp3) is 0.333. The second kappa shape index (κ2) is 15.5. The second-order valence-electron chi connectivity index (χ2n) is 9.01. The van der Waals surface area contributed by atoms with Gasteiger partial charge in [0.15, 0.2) is 0 Å². The van der Waals surface area contributed by atoms with Crippen LogP contribution in [0.1, 0.15) is 74.2 Å². The Morgan fingerprint density at radius 2 is 1.58 bits per heavy atom. The maximum Gasteiger partial charge on any atom is 0.345 e. The van der Waals surface area contributed by atoms with E-state index in [9.17, 15) is 14.4 Å². The predicted molar refractivity (Wildman–Crippen MR) is 152 cm³/mol. The van der Waals surface area contributed by atoms with Crippen molar-refractivity contribution in [3.63, 3.8) is 0 Å². The number of esters is 1. The standard InChI is InChI=1S/C30H34ClN3O4/c1-2-3-4-5-6-7-8-17-28(35)32-21-29(36)34-33-20-25-23-14-10-9-13-22(23)18-19-27(25)38-30(37)24-15-11-12-16-26(24)31/h9-16,18-20H,2-8,17,21H2,1H3,(H,32,35)(H,34,36)/b33-20+. The van der Waals surface area contributed by atoms with Crippen LogP contribution in [0.2, 0.25) is 5.02 Å². The smallest absolute Gasteiger partial charge is 0.345 e. The molecule has 2 amide bonds. The van der Waals surface area contributed by atoms with E-state index in [1.165, 1.54) is 31.9 Å². The van der Waals surface area contributed by atoms with E-state index >= 15 is 0 Å². The number of unbranched alkanes of at least 4 members (excludes halogenated alkanes) is 6. The van der Waals surface area contributed by atoms with Crippen molar-refractivity contribution in [2.24, 2.45) is 5.10 Å². The van der Waals surface area contributed by atoms with Crippen LogP contribution in [-0.2, 0) is 9.59 Å². The van der Waals surface area contributed by atoms with Gasteiger partial charge in [0.05, 0.1) is 23.3 Å². The molecule has 0 fully saturated rings.